The largest absolute Gasteiger partial charge is 0.493 e. The van der Waals surface area contributed by atoms with Crippen molar-refractivity contribution in [2.24, 2.45) is 11.8 Å². The molecule has 168 valence electrons. The van der Waals surface area contributed by atoms with Gasteiger partial charge in [-0.1, -0.05) is 62.7 Å². The van der Waals surface area contributed by atoms with E-state index in [1.807, 2.05) is 49.4 Å². The number of amides is 1. The van der Waals surface area contributed by atoms with E-state index in [4.69, 9.17) is 4.74 Å². The van der Waals surface area contributed by atoms with Crippen LogP contribution >= 0.6 is 0 Å². The molecular weight excluding hydrogens is 384 g/mol. The van der Waals surface area contributed by atoms with Crippen LogP contribution in [-0.4, -0.2) is 25.6 Å². The Bertz CT molecular complexity index is 787. The van der Waals surface area contributed by atoms with Crippen LogP contribution in [0.3, 0.4) is 0 Å². The van der Waals surface area contributed by atoms with Gasteiger partial charge in [-0.15, -0.1) is 0 Å². The highest BCUT2D eigenvalue weighted by molar-refractivity contribution is 5.83. The minimum atomic E-state index is -0.185. The predicted octanol–water partition coefficient (Wildman–Crippen LogP) is 5.46. The van der Waals surface area contributed by atoms with Crippen LogP contribution in [0.4, 0.5) is 0 Å². The maximum atomic E-state index is 13.0. The second kappa shape index (κ2) is 11.9. The van der Waals surface area contributed by atoms with E-state index in [1.54, 1.807) is 0 Å². The van der Waals surface area contributed by atoms with Gasteiger partial charge in [-0.3, -0.25) is 4.79 Å². The first-order valence-corrected chi connectivity index (χ1v) is 11.9. The van der Waals surface area contributed by atoms with Crippen LogP contribution in [0.25, 0.3) is 0 Å². The Morgan fingerprint density at radius 2 is 1.74 bits per heavy atom. The van der Waals surface area contributed by atoms with E-state index in [9.17, 15) is 4.79 Å². The van der Waals surface area contributed by atoms with Crippen molar-refractivity contribution >= 4 is 5.91 Å². The van der Waals surface area contributed by atoms with Gasteiger partial charge in [0.2, 0.25) is 5.91 Å². The van der Waals surface area contributed by atoms with Gasteiger partial charge in [-0.2, -0.15) is 0 Å². The molecule has 1 amide bonds. The molecule has 0 aromatic heterocycles. The van der Waals surface area contributed by atoms with Gasteiger partial charge in [0, 0.05) is 6.54 Å². The average Bonchev–Trinajstić information content (AvgIpc) is 3.62. The molecule has 1 aliphatic carbocycles. The smallest absolute Gasteiger partial charge is 0.227 e. The van der Waals surface area contributed by atoms with Gasteiger partial charge in [0.1, 0.15) is 5.75 Å². The van der Waals surface area contributed by atoms with Gasteiger partial charge in [-0.25, -0.2) is 0 Å². The van der Waals surface area contributed by atoms with Gasteiger partial charge >= 0.3 is 0 Å². The zero-order valence-electron chi connectivity index (χ0n) is 19.3. The Labute approximate surface area is 187 Å². The fourth-order valence-corrected chi connectivity index (χ4v) is 3.81. The Balaban J connectivity index is 1.62. The number of nitrogens with one attached hydrogen (secondary N) is 2. The molecule has 4 heteroatoms. The average molecular weight is 423 g/mol. The molecule has 4 nitrogen and oxygen atoms in total. The fourth-order valence-electron chi connectivity index (χ4n) is 3.81. The first-order valence-electron chi connectivity index (χ1n) is 11.9. The van der Waals surface area contributed by atoms with Crippen LogP contribution in [0.5, 0.6) is 5.75 Å². The number of carbonyl (C=O) groups excluding carboxylic acids is 1. The van der Waals surface area contributed by atoms with E-state index in [1.165, 1.54) is 25.7 Å². The fraction of sp³-hybridized carbons (Fsp3) is 0.519. The molecule has 1 saturated carbocycles. The molecule has 0 radical (unpaired) electrons. The molecule has 31 heavy (non-hydrogen) atoms. The summed E-state index contributed by atoms with van der Waals surface area (Å²) < 4.78 is 5.95. The summed E-state index contributed by atoms with van der Waals surface area (Å²) in [7, 11) is 0. The molecule has 3 rings (SSSR count). The second-order valence-corrected chi connectivity index (χ2v) is 9.07. The van der Waals surface area contributed by atoms with Crippen LogP contribution in [0.2, 0.25) is 0 Å². The van der Waals surface area contributed by atoms with Gasteiger partial charge in [0.25, 0.3) is 0 Å². The Hall–Kier alpha value is -2.33. The predicted molar refractivity (Wildman–Crippen MR) is 127 cm³/mol. The molecule has 0 heterocycles. The SMILES string of the molecule is CCCC(C)COc1ccc(C(CNCC2CC2)NC(=O)C(C)c2ccccc2)cc1. The number of hydrogen-bond donors (Lipinski definition) is 2. The summed E-state index contributed by atoms with van der Waals surface area (Å²) in [4.78, 5) is 13.0. The maximum absolute atomic E-state index is 13.0. The lowest BCUT2D eigenvalue weighted by Crippen LogP contribution is -2.38. The van der Waals surface area contributed by atoms with Crippen LogP contribution in [0, 0.1) is 11.8 Å². The molecule has 0 aliphatic heterocycles. The third-order valence-corrected chi connectivity index (χ3v) is 6.09. The number of rotatable bonds is 13. The van der Waals surface area contributed by atoms with Gasteiger partial charge < -0.3 is 15.4 Å². The standard InChI is InChI=1S/C27H38N2O2/c1-4-8-20(2)19-31-25-15-13-24(14-16-25)26(18-28-17-22-11-12-22)29-27(30)21(3)23-9-6-5-7-10-23/h5-7,9-10,13-16,20-22,26,28H,4,8,11-12,17-19H2,1-3H3,(H,29,30). The van der Waals surface area contributed by atoms with E-state index in [0.29, 0.717) is 5.92 Å². The van der Waals surface area contributed by atoms with Crippen LogP contribution in [-0.2, 0) is 4.79 Å². The van der Waals surface area contributed by atoms with Gasteiger partial charge in [-0.05, 0) is 67.8 Å². The number of carbonyl (C=O) groups is 1. The highest BCUT2D eigenvalue weighted by atomic mass is 16.5. The summed E-state index contributed by atoms with van der Waals surface area (Å²) in [6.45, 7) is 8.89. The van der Waals surface area contributed by atoms with E-state index >= 15 is 0 Å². The molecule has 0 saturated heterocycles. The minimum absolute atomic E-state index is 0.0538. The molecule has 2 aromatic carbocycles. The summed E-state index contributed by atoms with van der Waals surface area (Å²) in [6.07, 6.45) is 4.99. The minimum Gasteiger partial charge on any atom is -0.493 e. The summed E-state index contributed by atoms with van der Waals surface area (Å²) in [5, 5.41) is 6.82. The van der Waals surface area contributed by atoms with Gasteiger partial charge in [0.05, 0.1) is 18.6 Å². The number of benzene rings is 2. The Morgan fingerprint density at radius 1 is 1.03 bits per heavy atom. The number of ether oxygens (including phenoxy) is 1. The van der Waals surface area contributed by atoms with Crippen molar-refractivity contribution in [3.63, 3.8) is 0 Å². The van der Waals surface area contributed by atoms with E-state index in [2.05, 4.69) is 36.6 Å². The molecule has 2 N–H and O–H groups in total. The first kappa shape index (κ1) is 23.3. The van der Waals surface area contributed by atoms with Crippen molar-refractivity contribution in [3.05, 3.63) is 65.7 Å². The Morgan fingerprint density at radius 3 is 2.39 bits per heavy atom. The second-order valence-electron chi connectivity index (χ2n) is 9.07. The lowest BCUT2D eigenvalue weighted by molar-refractivity contribution is -0.123. The maximum Gasteiger partial charge on any atom is 0.227 e. The zero-order valence-corrected chi connectivity index (χ0v) is 19.3. The third kappa shape index (κ3) is 7.70. The van der Waals surface area contributed by atoms with Crippen molar-refractivity contribution in [3.8, 4) is 5.75 Å². The van der Waals surface area contributed by atoms with Crippen LogP contribution < -0.4 is 15.4 Å². The van der Waals surface area contributed by atoms with Crippen molar-refractivity contribution in [1.82, 2.24) is 10.6 Å². The molecule has 0 spiro atoms. The van der Waals surface area contributed by atoms with Crippen molar-refractivity contribution < 1.29 is 9.53 Å². The Kier molecular flexibility index (Phi) is 8.96. The van der Waals surface area contributed by atoms with Crippen molar-refractivity contribution in [2.45, 2.75) is 58.4 Å². The monoisotopic (exact) mass is 422 g/mol. The lowest BCUT2D eigenvalue weighted by Gasteiger charge is -2.23. The lowest BCUT2D eigenvalue weighted by atomic mass is 9.99. The third-order valence-electron chi connectivity index (χ3n) is 6.09. The van der Waals surface area contributed by atoms with Crippen molar-refractivity contribution in [1.29, 1.82) is 0 Å². The van der Waals surface area contributed by atoms with Gasteiger partial charge in [0.15, 0.2) is 0 Å². The highest BCUT2D eigenvalue weighted by Gasteiger charge is 2.23. The molecule has 1 aliphatic rings. The molecule has 3 unspecified atom stereocenters. The van der Waals surface area contributed by atoms with E-state index in [0.717, 1.165) is 42.5 Å². The normalized spacial score (nSPS) is 16.4. The molecular formula is C27H38N2O2. The topological polar surface area (TPSA) is 50.4 Å². The molecule has 3 atom stereocenters. The zero-order chi connectivity index (χ0) is 22.1. The highest BCUT2D eigenvalue weighted by Crippen LogP contribution is 2.28. The summed E-state index contributed by atoms with van der Waals surface area (Å²) >= 11 is 0. The molecule has 2 aromatic rings. The van der Waals surface area contributed by atoms with E-state index in [-0.39, 0.29) is 17.9 Å². The number of hydrogen-bond acceptors (Lipinski definition) is 3. The summed E-state index contributed by atoms with van der Waals surface area (Å²) in [5.41, 5.74) is 2.14. The molecule has 1 fully saturated rings. The van der Waals surface area contributed by atoms with Crippen LogP contribution in [0.15, 0.2) is 54.6 Å². The summed E-state index contributed by atoms with van der Waals surface area (Å²) in [6, 6.07) is 18.1. The van der Waals surface area contributed by atoms with Crippen LogP contribution in [0.1, 0.15) is 69.5 Å². The molecule has 0 bridgehead atoms. The quantitative estimate of drug-likeness (QED) is 0.450. The first-order chi connectivity index (χ1) is 15.1. The summed E-state index contributed by atoms with van der Waals surface area (Å²) in [5.74, 6) is 2.12. The van der Waals surface area contributed by atoms with Crippen molar-refractivity contribution in [2.75, 3.05) is 19.7 Å². The van der Waals surface area contributed by atoms with E-state index < -0.39 is 0 Å².